The van der Waals surface area contributed by atoms with Gasteiger partial charge >= 0.3 is 0 Å². The van der Waals surface area contributed by atoms with E-state index in [-0.39, 0.29) is 18.4 Å². The average molecular weight is 365 g/mol. The number of carbonyl (C=O) groups excluding carboxylic acids is 3. The van der Waals surface area contributed by atoms with Crippen LogP contribution in [0.25, 0.3) is 0 Å². The zero-order valence-corrected chi connectivity index (χ0v) is 15.0. The van der Waals surface area contributed by atoms with Crippen LogP contribution in [0, 0.1) is 0 Å². The summed E-state index contributed by atoms with van der Waals surface area (Å²) in [5.74, 6) is -2.08. The van der Waals surface area contributed by atoms with Crippen molar-refractivity contribution in [2.45, 2.75) is 31.3 Å². The van der Waals surface area contributed by atoms with Crippen molar-refractivity contribution in [2.24, 2.45) is 5.73 Å². The maximum atomic E-state index is 12.9. The first kappa shape index (κ1) is 18.6. The molecule has 0 bridgehead atoms. The number of hydrogen-bond donors (Lipinski definition) is 2. The second-order valence-electron chi connectivity index (χ2n) is 6.67. The number of anilines is 1. The van der Waals surface area contributed by atoms with Crippen LogP contribution in [0.5, 0.6) is 0 Å². The molecule has 1 aliphatic heterocycles. The Morgan fingerprint density at radius 3 is 2.30 bits per heavy atom. The zero-order valence-electron chi connectivity index (χ0n) is 15.0. The minimum Gasteiger partial charge on any atom is -0.363 e. The molecule has 1 heterocycles. The SMILES string of the molecule is NC(=O)C(=O)[C@H](Cc1ccccc1)NC(=O)[C@@H]1CCCN1c1ccccc1. The second kappa shape index (κ2) is 8.49. The number of rotatable bonds is 7. The predicted molar refractivity (Wildman–Crippen MR) is 103 cm³/mol. The van der Waals surface area contributed by atoms with E-state index >= 15 is 0 Å². The number of nitrogens with one attached hydrogen (secondary N) is 1. The van der Waals surface area contributed by atoms with Gasteiger partial charge in [-0.3, -0.25) is 14.4 Å². The van der Waals surface area contributed by atoms with E-state index in [0.717, 1.165) is 24.2 Å². The number of ketones is 1. The lowest BCUT2D eigenvalue weighted by Gasteiger charge is -2.27. The molecule has 2 amide bonds. The number of nitrogens with two attached hydrogens (primary N) is 1. The molecule has 3 N–H and O–H groups in total. The summed E-state index contributed by atoms with van der Waals surface area (Å²) in [5.41, 5.74) is 7.01. The first-order valence-electron chi connectivity index (χ1n) is 9.06. The van der Waals surface area contributed by atoms with E-state index in [1.165, 1.54) is 0 Å². The van der Waals surface area contributed by atoms with E-state index in [1.807, 2.05) is 65.6 Å². The molecule has 2 aromatic carbocycles. The minimum absolute atomic E-state index is 0.229. The van der Waals surface area contributed by atoms with Crippen LogP contribution in [-0.4, -0.2) is 36.2 Å². The molecule has 1 saturated heterocycles. The van der Waals surface area contributed by atoms with Crippen molar-refractivity contribution in [1.29, 1.82) is 0 Å². The second-order valence-corrected chi connectivity index (χ2v) is 6.67. The Hall–Kier alpha value is -3.15. The molecule has 0 aliphatic carbocycles. The van der Waals surface area contributed by atoms with Crippen LogP contribution in [0.3, 0.4) is 0 Å². The van der Waals surface area contributed by atoms with Gasteiger partial charge in [0.1, 0.15) is 12.1 Å². The summed E-state index contributed by atoms with van der Waals surface area (Å²) in [5, 5.41) is 2.76. The molecule has 0 aromatic heterocycles. The molecular formula is C21H23N3O3. The fourth-order valence-electron chi connectivity index (χ4n) is 3.47. The predicted octanol–water partition coefficient (Wildman–Crippen LogP) is 1.44. The van der Waals surface area contributed by atoms with Gasteiger partial charge in [0.15, 0.2) is 0 Å². The highest BCUT2D eigenvalue weighted by Crippen LogP contribution is 2.25. The lowest BCUT2D eigenvalue weighted by molar-refractivity contribution is -0.138. The van der Waals surface area contributed by atoms with Gasteiger partial charge in [0.25, 0.3) is 5.91 Å². The monoisotopic (exact) mass is 365 g/mol. The fraction of sp³-hybridized carbons (Fsp3) is 0.286. The third-order valence-electron chi connectivity index (χ3n) is 4.80. The fourth-order valence-corrected chi connectivity index (χ4v) is 3.47. The van der Waals surface area contributed by atoms with Crippen molar-refractivity contribution in [3.8, 4) is 0 Å². The summed E-state index contributed by atoms with van der Waals surface area (Å²) in [6, 6.07) is 17.6. The zero-order chi connectivity index (χ0) is 19.2. The molecule has 140 valence electrons. The van der Waals surface area contributed by atoms with Gasteiger partial charge in [-0.25, -0.2) is 0 Å². The van der Waals surface area contributed by atoms with Crippen molar-refractivity contribution in [1.82, 2.24) is 5.32 Å². The van der Waals surface area contributed by atoms with E-state index in [2.05, 4.69) is 5.32 Å². The third-order valence-corrected chi connectivity index (χ3v) is 4.80. The smallest absolute Gasteiger partial charge is 0.287 e. The Bertz CT molecular complexity index is 808. The van der Waals surface area contributed by atoms with Gasteiger partial charge in [0.2, 0.25) is 11.7 Å². The molecule has 0 spiro atoms. The van der Waals surface area contributed by atoms with Crippen molar-refractivity contribution in [2.75, 3.05) is 11.4 Å². The van der Waals surface area contributed by atoms with Gasteiger partial charge in [-0.05, 0) is 30.5 Å². The van der Waals surface area contributed by atoms with E-state index < -0.39 is 17.7 Å². The molecular weight excluding hydrogens is 342 g/mol. The molecule has 2 aromatic rings. The number of nitrogens with zero attached hydrogens (tertiary/aromatic N) is 1. The van der Waals surface area contributed by atoms with E-state index in [1.54, 1.807) is 0 Å². The normalized spacial score (nSPS) is 17.3. The van der Waals surface area contributed by atoms with Crippen molar-refractivity contribution in [3.63, 3.8) is 0 Å². The molecule has 0 unspecified atom stereocenters. The lowest BCUT2D eigenvalue weighted by Crippen LogP contribution is -2.52. The summed E-state index contributed by atoms with van der Waals surface area (Å²) in [6.07, 6.45) is 1.82. The molecule has 27 heavy (non-hydrogen) atoms. The van der Waals surface area contributed by atoms with Crippen molar-refractivity contribution >= 4 is 23.3 Å². The van der Waals surface area contributed by atoms with Gasteiger partial charge in [0, 0.05) is 18.7 Å². The largest absolute Gasteiger partial charge is 0.363 e. The standard InChI is InChI=1S/C21H23N3O3/c22-20(26)19(25)17(14-15-8-3-1-4-9-15)23-21(27)18-12-7-13-24(18)16-10-5-2-6-11-16/h1-6,8-11,17-18H,7,12-14H2,(H2,22,26)(H,23,27)/t17-,18-/m0/s1. The summed E-state index contributed by atoms with van der Waals surface area (Å²) in [7, 11) is 0. The van der Waals surface area contributed by atoms with Crippen LogP contribution in [-0.2, 0) is 20.8 Å². The molecule has 6 heteroatoms. The van der Waals surface area contributed by atoms with Crippen LogP contribution in [0.15, 0.2) is 60.7 Å². The van der Waals surface area contributed by atoms with Gasteiger partial charge in [-0.15, -0.1) is 0 Å². The van der Waals surface area contributed by atoms with E-state index in [0.29, 0.717) is 6.42 Å². The maximum absolute atomic E-state index is 12.9. The number of benzene rings is 2. The molecule has 2 atom stereocenters. The lowest BCUT2D eigenvalue weighted by atomic mass is 10.0. The Labute approximate surface area is 158 Å². The van der Waals surface area contributed by atoms with Gasteiger partial charge in [-0.2, -0.15) is 0 Å². The van der Waals surface area contributed by atoms with Crippen LogP contribution in [0.4, 0.5) is 5.69 Å². The molecule has 0 radical (unpaired) electrons. The van der Waals surface area contributed by atoms with Crippen LogP contribution in [0.2, 0.25) is 0 Å². The number of para-hydroxylation sites is 1. The first-order chi connectivity index (χ1) is 13.1. The molecule has 1 aliphatic rings. The average Bonchev–Trinajstić information content (AvgIpc) is 3.18. The number of Topliss-reactive ketones (excluding diaryl/α,β-unsaturated/α-hetero) is 1. The highest BCUT2D eigenvalue weighted by Gasteiger charge is 2.34. The Morgan fingerprint density at radius 2 is 1.67 bits per heavy atom. The Kier molecular flexibility index (Phi) is 5.86. The van der Waals surface area contributed by atoms with Gasteiger partial charge in [-0.1, -0.05) is 48.5 Å². The molecule has 1 fully saturated rings. The highest BCUT2D eigenvalue weighted by molar-refractivity contribution is 6.37. The Balaban J connectivity index is 1.75. The third kappa shape index (κ3) is 4.53. The number of amides is 2. The van der Waals surface area contributed by atoms with Crippen LogP contribution < -0.4 is 16.0 Å². The van der Waals surface area contributed by atoms with Gasteiger partial charge < -0.3 is 16.0 Å². The quantitative estimate of drug-likeness (QED) is 0.726. The van der Waals surface area contributed by atoms with E-state index in [9.17, 15) is 14.4 Å². The number of carbonyl (C=O) groups is 3. The topological polar surface area (TPSA) is 92.5 Å². The van der Waals surface area contributed by atoms with E-state index in [4.69, 9.17) is 5.73 Å². The summed E-state index contributed by atoms with van der Waals surface area (Å²) >= 11 is 0. The minimum atomic E-state index is -1.04. The maximum Gasteiger partial charge on any atom is 0.287 e. The summed E-state index contributed by atoms with van der Waals surface area (Å²) in [4.78, 5) is 38.6. The molecule has 3 rings (SSSR count). The molecule has 6 nitrogen and oxygen atoms in total. The van der Waals surface area contributed by atoms with Gasteiger partial charge in [0.05, 0.1) is 0 Å². The number of hydrogen-bond acceptors (Lipinski definition) is 4. The van der Waals surface area contributed by atoms with Crippen LogP contribution in [0.1, 0.15) is 18.4 Å². The Morgan fingerprint density at radius 1 is 1.04 bits per heavy atom. The summed E-state index contributed by atoms with van der Waals surface area (Å²) < 4.78 is 0. The van der Waals surface area contributed by atoms with Crippen molar-refractivity contribution in [3.05, 3.63) is 66.2 Å². The first-order valence-corrected chi connectivity index (χ1v) is 9.06. The summed E-state index contributed by atoms with van der Waals surface area (Å²) in [6.45, 7) is 0.773. The number of primary amides is 1. The van der Waals surface area contributed by atoms with Crippen molar-refractivity contribution < 1.29 is 14.4 Å². The molecule has 0 saturated carbocycles. The highest BCUT2D eigenvalue weighted by atomic mass is 16.2. The van der Waals surface area contributed by atoms with Crippen LogP contribution >= 0.6 is 0 Å².